The van der Waals surface area contributed by atoms with Crippen molar-refractivity contribution in [2.75, 3.05) is 26.4 Å². The van der Waals surface area contributed by atoms with E-state index in [0.717, 1.165) is 5.56 Å². The van der Waals surface area contributed by atoms with Crippen LogP contribution in [-0.4, -0.2) is 37.4 Å². The Morgan fingerprint density at radius 1 is 1.42 bits per heavy atom. The molecule has 0 saturated heterocycles. The predicted molar refractivity (Wildman–Crippen MR) is 69.1 cm³/mol. The van der Waals surface area contributed by atoms with Crippen LogP contribution >= 0.6 is 0 Å². The number of aliphatic hydroxyl groups excluding tert-OH is 1. The van der Waals surface area contributed by atoms with Gasteiger partial charge in [0.15, 0.2) is 11.5 Å². The highest BCUT2D eigenvalue weighted by Gasteiger charge is 2.16. The van der Waals surface area contributed by atoms with Gasteiger partial charge in [-0.05, 0) is 24.6 Å². The molecule has 1 aliphatic rings. The average Bonchev–Trinajstić information content (AvgIpc) is 2.86. The molecule has 0 spiro atoms. The largest absolute Gasteiger partial charge is 0.454 e. The highest BCUT2D eigenvalue weighted by atomic mass is 16.7. The fourth-order valence-electron chi connectivity index (χ4n) is 1.82. The number of hydrogen-bond donors (Lipinski definition) is 3. The molecule has 1 aromatic carbocycles. The Bertz CT molecular complexity index is 450. The number of hydrogen-bond acceptors (Lipinski definition) is 5. The van der Waals surface area contributed by atoms with E-state index in [9.17, 15) is 9.90 Å². The lowest BCUT2D eigenvalue weighted by Crippen LogP contribution is -2.35. The summed E-state index contributed by atoms with van der Waals surface area (Å²) >= 11 is 0. The molecule has 0 aliphatic carbocycles. The van der Waals surface area contributed by atoms with Crippen LogP contribution in [0.5, 0.6) is 11.5 Å². The molecule has 3 N–H and O–H groups in total. The number of fused-ring (bicyclic) bond motifs is 1. The van der Waals surface area contributed by atoms with Crippen LogP contribution in [0.1, 0.15) is 18.6 Å². The van der Waals surface area contributed by atoms with Crippen LogP contribution in [0.15, 0.2) is 18.2 Å². The molecule has 1 atom stereocenters. The average molecular weight is 266 g/mol. The molecular formula is C13H18N2O4. The summed E-state index contributed by atoms with van der Waals surface area (Å²) in [4.78, 5) is 11.2. The van der Waals surface area contributed by atoms with Crippen LogP contribution in [0.4, 0.5) is 0 Å². The Kier molecular flexibility index (Phi) is 4.59. The molecule has 6 heteroatoms. The summed E-state index contributed by atoms with van der Waals surface area (Å²) in [5.74, 6) is 1.24. The van der Waals surface area contributed by atoms with Crippen molar-refractivity contribution < 1.29 is 19.4 Å². The number of carbonyl (C=O) groups excluding carboxylic acids is 1. The van der Waals surface area contributed by atoms with Gasteiger partial charge in [0.1, 0.15) is 0 Å². The molecule has 1 heterocycles. The molecule has 1 amide bonds. The topological polar surface area (TPSA) is 79.8 Å². The maximum atomic E-state index is 11.2. The smallest absolute Gasteiger partial charge is 0.233 e. The van der Waals surface area contributed by atoms with E-state index in [1.54, 1.807) is 18.2 Å². The van der Waals surface area contributed by atoms with Crippen molar-refractivity contribution in [1.29, 1.82) is 0 Å². The molecule has 19 heavy (non-hydrogen) atoms. The van der Waals surface area contributed by atoms with Gasteiger partial charge in [-0.1, -0.05) is 6.07 Å². The summed E-state index contributed by atoms with van der Waals surface area (Å²) < 4.78 is 10.4. The standard InChI is InChI=1S/C13H18N2O4/c1-2-15-13(17)7-14-6-10(16)9-3-4-11-12(5-9)19-8-18-11/h3-5,10,14,16H,2,6-8H2,1H3,(H,15,17). The minimum atomic E-state index is -0.691. The Morgan fingerprint density at radius 3 is 3.00 bits per heavy atom. The molecule has 1 aromatic rings. The number of likely N-dealkylation sites (N-methyl/N-ethyl adjacent to an activating group) is 1. The zero-order valence-electron chi connectivity index (χ0n) is 10.8. The molecule has 1 unspecified atom stereocenters. The molecule has 2 rings (SSSR count). The van der Waals surface area contributed by atoms with Gasteiger partial charge in [-0.15, -0.1) is 0 Å². The second-order valence-corrected chi connectivity index (χ2v) is 4.21. The van der Waals surface area contributed by atoms with Gasteiger partial charge in [-0.3, -0.25) is 4.79 Å². The summed E-state index contributed by atoms with van der Waals surface area (Å²) in [7, 11) is 0. The molecule has 6 nitrogen and oxygen atoms in total. The quantitative estimate of drug-likeness (QED) is 0.684. The van der Waals surface area contributed by atoms with Crippen molar-refractivity contribution in [1.82, 2.24) is 10.6 Å². The Morgan fingerprint density at radius 2 is 2.21 bits per heavy atom. The lowest BCUT2D eigenvalue weighted by atomic mass is 10.1. The molecule has 0 saturated carbocycles. The van der Waals surface area contributed by atoms with Gasteiger partial charge in [-0.25, -0.2) is 0 Å². The number of rotatable bonds is 6. The van der Waals surface area contributed by atoms with Crippen molar-refractivity contribution in [2.24, 2.45) is 0 Å². The van der Waals surface area contributed by atoms with E-state index in [1.807, 2.05) is 6.92 Å². The summed E-state index contributed by atoms with van der Waals surface area (Å²) in [5, 5.41) is 15.6. The van der Waals surface area contributed by atoms with Crippen LogP contribution in [0.2, 0.25) is 0 Å². The number of amides is 1. The lowest BCUT2D eigenvalue weighted by Gasteiger charge is -2.12. The van der Waals surface area contributed by atoms with E-state index >= 15 is 0 Å². The van der Waals surface area contributed by atoms with E-state index in [4.69, 9.17) is 9.47 Å². The monoisotopic (exact) mass is 266 g/mol. The zero-order valence-corrected chi connectivity index (χ0v) is 10.8. The number of benzene rings is 1. The number of aliphatic hydroxyl groups is 1. The normalized spacial score (nSPS) is 14.2. The first-order valence-electron chi connectivity index (χ1n) is 6.25. The van der Waals surface area contributed by atoms with E-state index in [-0.39, 0.29) is 19.2 Å². The molecule has 0 bridgehead atoms. The number of ether oxygens (including phenoxy) is 2. The molecule has 0 radical (unpaired) electrons. The van der Waals surface area contributed by atoms with Gasteiger partial charge >= 0.3 is 0 Å². The van der Waals surface area contributed by atoms with E-state index in [1.165, 1.54) is 0 Å². The number of carbonyl (C=O) groups is 1. The third-order valence-electron chi connectivity index (χ3n) is 2.78. The lowest BCUT2D eigenvalue weighted by molar-refractivity contribution is -0.120. The van der Waals surface area contributed by atoms with Crippen LogP contribution in [0, 0.1) is 0 Å². The predicted octanol–water partition coefficient (Wildman–Crippen LogP) is 0.174. The van der Waals surface area contributed by atoms with Crippen LogP contribution in [0.3, 0.4) is 0 Å². The van der Waals surface area contributed by atoms with Crippen molar-refractivity contribution in [3.8, 4) is 11.5 Å². The van der Waals surface area contributed by atoms with E-state index in [2.05, 4.69) is 10.6 Å². The molecule has 104 valence electrons. The maximum absolute atomic E-state index is 11.2. The molecule has 0 aromatic heterocycles. The first-order chi connectivity index (χ1) is 9.20. The van der Waals surface area contributed by atoms with Gasteiger partial charge in [-0.2, -0.15) is 0 Å². The summed E-state index contributed by atoms with van der Waals surface area (Å²) in [6, 6.07) is 5.30. The van der Waals surface area contributed by atoms with Gasteiger partial charge in [0.05, 0.1) is 12.6 Å². The fraction of sp³-hybridized carbons (Fsp3) is 0.462. The zero-order chi connectivity index (χ0) is 13.7. The Hall–Kier alpha value is -1.79. The van der Waals surface area contributed by atoms with Crippen molar-refractivity contribution in [3.63, 3.8) is 0 Å². The van der Waals surface area contributed by atoms with Crippen LogP contribution in [0.25, 0.3) is 0 Å². The molecule has 1 aliphatic heterocycles. The van der Waals surface area contributed by atoms with Crippen LogP contribution < -0.4 is 20.1 Å². The van der Waals surface area contributed by atoms with E-state index in [0.29, 0.717) is 24.6 Å². The van der Waals surface area contributed by atoms with Crippen molar-refractivity contribution in [2.45, 2.75) is 13.0 Å². The van der Waals surface area contributed by atoms with E-state index < -0.39 is 6.10 Å². The van der Waals surface area contributed by atoms with Gasteiger partial charge in [0, 0.05) is 13.1 Å². The maximum Gasteiger partial charge on any atom is 0.233 e. The highest BCUT2D eigenvalue weighted by Crippen LogP contribution is 2.33. The molecule has 0 fully saturated rings. The third-order valence-corrected chi connectivity index (χ3v) is 2.78. The summed E-state index contributed by atoms with van der Waals surface area (Å²) in [5.41, 5.74) is 0.729. The first-order valence-corrected chi connectivity index (χ1v) is 6.25. The number of nitrogens with one attached hydrogen (secondary N) is 2. The van der Waals surface area contributed by atoms with Crippen molar-refractivity contribution >= 4 is 5.91 Å². The first kappa shape index (κ1) is 13.6. The van der Waals surface area contributed by atoms with Crippen LogP contribution in [-0.2, 0) is 4.79 Å². The Balaban J connectivity index is 1.83. The summed E-state index contributed by atoms with van der Waals surface area (Å²) in [6.45, 7) is 3.17. The third kappa shape index (κ3) is 3.59. The summed E-state index contributed by atoms with van der Waals surface area (Å²) in [6.07, 6.45) is -0.691. The highest BCUT2D eigenvalue weighted by molar-refractivity contribution is 5.77. The Labute approximate surface area is 111 Å². The van der Waals surface area contributed by atoms with Crippen molar-refractivity contribution in [3.05, 3.63) is 23.8 Å². The SMILES string of the molecule is CCNC(=O)CNCC(O)c1ccc2c(c1)OCO2. The van der Waals surface area contributed by atoms with Gasteiger partial charge in [0.2, 0.25) is 12.7 Å². The van der Waals surface area contributed by atoms with Gasteiger partial charge in [0.25, 0.3) is 0 Å². The molecular weight excluding hydrogens is 248 g/mol. The second-order valence-electron chi connectivity index (χ2n) is 4.21. The minimum absolute atomic E-state index is 0.0830. The van der Waals surface area contributed by atoms with Gasteiger partial charge < -0.3 is 25.2 Å². The minimum Gasteiger partial charge on any atom is -0.454 e. The second kappa shape index (κ2) is 6.40. The fourth-order valence-corrected chi connectivity index (χ4v) is 1.82.